The third-order valence-electron chi connectivity index (χ3n) is 15.0. The van der Waals surface area contributed by atoms with Gasteiger partial charge in [0.05, 0.1) is 0 Å². The number of alkyl carbamates (subject to hydrolysis) is 1. The molecule has 4 rings (SSSR count). The number of hydrogen-bond donors (Lipinski definition) is 2. The Kier molecular flexibility index (Phi) is 20.0. The summed E-state index contributed by atoms with van der Waals surface area (Å²) in [5, 5.41) is 6.09. The monoisotopic (exact) mass is 788 g/mol. The van der Waals surface area contributed by atoms with Crippen molar-refractivity contribution in [2.24, 2.45) is 46.3 Å². The van der Waals surface area contributed by atoms with E-state index in [1.54, 1.807) is 12.2 Å². The first-order valence-electron chi connectivity index (χ1n) is 23.4. The van der Waals surface area contributed by atoms with Gasteiger partial charge in [0.15, 0.2) is 6.66 Å². The molecular formula is C47H84N2O5P+. The Bertz CT molecular complexity index is 1210. The average Bonchev–Trinajstić information content (AvgIpc) is 3.50. The van der Waals surface area contributed by atoms with Gasteiger partial charge in [0.2, 0.25) is 5.91 Å². The van der Waals surface area contributed by atoms with E-state index in [1.807, 2.05) is 0 Å². The van der Waals surface area contributed by atoms with Crippen molar-refractivity contribution in [2.45, 2.75) is 201 Å². The summed E-state index contributed by atoms with van der Waals surface area (Å²) in [6.45, 7) is 16.2. The molecular weight excluding hydrogens is 704 g/mol. The van der Waals surface area contributed by atoms with Gasteiger partial charge in [-0.2, -0.15) is 0 Å². The number of rotatable bonds is 26. The molecule has 0 aromatic rings. The van der Waals surface area contributed by atoms with Gasteiger partial charge >= 0.3 is 14.1 Å². The molecule has 9 atom stereocenters. The van der Waals surface area contributed by atoms with Gasteiger partial charge in [-0.15, -0.1) is 4.52 Å². The van der Waals surface area contributed by atoms with E-state index in [1.165, 1.54) is 83.5 Å². The van der Waals surface area contributed by atoms with E-state index in [0.717, 1.165) is 113 Å². The van der Waals surface area contributed by atoms with Crippen molar-refractivity contribution < 1.29 is 23.4 Å². The van der Waals surface area contributed by atoms with Crippen molar-refractivity contribution in [1.82, 2.24) is 10.6 Å². The van der Waals surface area contributed by atoms with Crippen molar-refractivity contribution >= 4 is 20.0 Å². The molecule has 7 nitrogen and oxygen atoms in total. The summed E-state index contributed by atoms with van der Waals surface area (Å²) >= 11 is 0. The van der Waals surface area contributed by atoms with Gasteiger partial charge in [-0.1, -0.05) is 123 Å². The van der Waals surface area contributed by atoms with Gasteiger partial charge in [0.1, 0.15) is 12.7 Å². The van der Waals surface area contributed by atoms with Crippen molar-refractivity contribution in [3.05, 3.63) is 11.6 Å². The van der Waals surface area contributed by atoms with E-state index < -0.39 is 8.03 Å². The van der Waals surface area contributed by atoms with Crippen LogP contribution >= 0.6 is 8.03 Å². The van der Waals surface area contributed by atoms with Gasteiger partial charge in [-0.05, 0) is 122 Å². The van der Waals surface area contributed by atoms with E-state index in [9.17, 15) is 14.2 Å². The molecule has 0 aliphatic heterocycles. The van der Waals surface area contributed by atoms with Crippen LogP contribution in [0, 0.1) is 46.3 Å². The highest BCUT2D eigenvalue weighted by molar-refractivity contribution is 7.38. The smallest absolute Gasteiger partial charge is 0.446 e. The first-order valence-corrected chi connectivity index (χ1v) is 25.0. The van der Waals surface area contributed by atoms with Crippen LogP contribution in [0.3, 0.4) is 0 Å². The van der Waals surface area contributed by atoms with Gasteiger partial charge in [0.25, 0.3) is 0 Å². The summed E-state index contributed by atoms with van der Waals surface area (Å²) in [6.07, 6.45) is 31.6. The molecule has 0 radical (unpaired) electrons. The molecule has 3 saturated carbocycles. The van der Waals surface area contributed by atoms with Gasteiger partial charge < -0.3 is 15.4 Å². The van der Waals surface area contributed by atoms with Crippen LogP contribution in [-0.2, 0) is 18.6 Å². The minimum Gasteiger partial charge on any atom is -0.446 e. The normalized spacial score (nSPS) is 29.5. The summed E-state index contributed by atoms with van der Waals surface area (Å²) in [5.74, 6) is 5.28. The number of amides is 2. The molecule has 0 aromatic heterocycles. The van der Waals surface area contributed by atoms with Crippen LogP contribution in [-0.4, -0.2) is 44.5 Å². The van der Waals surface area contributed by atoms with Crippen molar-refractivity contribution in [3.8, 4) is 0 Å². The number of ether oxygens (including phenoxy) is 1. The van der Waals surface area contributed by atoms with E-state index in [2.05, 4.69) is 51.3 Å². The fourth-order valence-electron chi connectivity index (χ4n) is 11.9. The average molecular weight is 788 g/mol. The molecule has 316 valence electrons. The minimum atomic E-state index is -1.49. The minimum absolute atomic E-state index is 0.0181. The predicted octanol–water partition coefficient (Wildman–Crippen LogP) is 13.1. The second-order valence-electron chi connectivity index (χ2n) is 19.5. The molecule has 2 N–H and O–H groups in total. The summed E-state index contributed by atoms with van der Waals surface area (Å²) in [6, 6.07) is 0. The zero-order valence-corrected chi connectivity index (χ0v) is 37.3. The molecule has 1 unspecified atom stereocenters. The van der Waals surface area contributed by atoms with Gasteiger partial charge in [-0.3, -0.25) is 4.79 Å². The van der Waals surface area contributed by atoms with Gasteiger partial charge in [-0.25, -0.2) is 4.79 Å². The second kappa shape index (κ2) is 23.8. The number of nitrogens with one attached hydrogen (secondary N) is 2. The Morgan fingerprint density at radius 2 is 1.44 bits per heavy atom. The molecule has 0 bridgehead atoms. The zero-order chi connectivity index (χ0) is 39.7. The SMILES string of the molecule is CC(C)CCC[C@@H](C)[C@H]1CC[C@H]2[C@@H]3CC=C4C[C@@H](OC(=O)NCCCCCCCCCCCC(=O)NCCCCCCO[P+](C)=O)CC[C@]4(C)[C@H]3CC[C@]12C. The fourth-order valence-corrected chi connectivity index (χ4v) is 12.3. The first-order chi connectivity index (χ1) is 26.4. The summed E-state index contributed by atoms with van der Waals surface area (Å²) in [5.41, 5.74) is 2.41. The summed E-state index contributed by atoms with van der Waals surface area (Å²) in [4.78, 5) is 24.8. The first kappa shape index (κ1) is 46.2. The maximum Gasteiger partial charge on any atom is 0.504 e. The molecule has 0 heterocycles. The molecule has 8 heteroatoms. The van der Waals surface area contributed by atoms with Crippen molar-refractivity contribution in [1.29, 1.82) is 0 Å². The second-order valence-corrected chi connectivity index (χ2v) is 20.6. The Labute approximate surface area is 338 Å². The predicted molar refractivity (Wildman–Crippen MR) is 228 cm³/mol. The lowest BCUT2D eigenvalue weighted by atomic mass is 9.47. The van der Waals surface area contributed by atoms with Crippen LogP contribution in [0.1, 0.15) is 195 Å². The Balaban J connectivity index is 1.00. The van der Waals surface area contributed by atoms with Crippen LogP contribution in [0.2, 0.25) is 0 Å². The molecule has 0 saturated heterocycles. The summed E-state index contributed by atoms with van der Waals surface area (Å²) < 4.78 is 22.0. The highest BCUT2D eigenvalue weighted by atomic mass is 31.1. The third-order valence-corrected chi connectivity index (χ3v) is 15.6. The fraction of sp³-hybridized carbons (Fsp3) is 0.915. The number of carbonyl (C=O) groups is 2. The molecule has 4 aliphatic rings. The Hall–Kier alpha value is -1.46. The van der Waals surface area contributed by atoms with Crippen LogP contribution in [0.15, 0.2) is 11.6 Å². The number of hydrogen-bond acceptors (Lipinski definition) is 5. The van der Waals surface area contributed by atoms with Crippen LogP contribution in [0.25, 0.3) is 0 Å². The molecule has 0 aromatic carbocycles. The van der Waals surface area contributed by atoms with Crippen LogP contribution in [0.5, 0.6) is 0 Å². The quantitative estimate of drug-likeness (QED) is 0.0517. The number of carbonyl (C=O) groups excluding carboxylic acids is 2. The topological polar surface area (TPSA) is 93.7 Å². The number of allylic oxidation sites excluding steroid dienone is 1. The standard InChI is InChI=1S/C47H83N2O5P/c1-36(2)21-20-22-37(3)41-26-27-42-40-25-24-38-35-39(28-30-46(38,4)43(40)29-31-47(41,42)5)54-45(51)49-33-18-13-11-9-7-8-10-12-16-23-44(50)48-32-17-14-15-19-34-53-55(6)52/h24,36-37,39-43H,7-23,25-35H2,1-6H3,(H-,48,49,50,51)/p+1/t37-,39+,40+,41-,42+,43+,46+,47-/m1/s1. The van der Waals surface area contributed by atoms with Crippen LogP contribution in [0.4, 0.5) is 4.79 Å². The van der Waals surface area contributed by atoms with E-state index >= 15 is 0 Å². The lowest BCUT2D eigenvalue weighted by Gasteiger charge is -2.58. The zero-order valence-electron chi connectivity index (χ0n) is 36.4. The molecule has 0 spiro atoms. The number of unbranched alkanes of at least 4 members (excludes halogenated alkanes) is 11. The summed E-state index contributed by atoms with van der Waals surface area (Å²) in [7, 11) is -1.49. The molecule has 55 heavy (non-hydrogen) atoms. The lowest BCUT2D eigenvalue weighted by Crippen LogP contribution is -2.51. The van der Waals surface area contributed by atoms with Crippen LogP contribution < -0.4 is 10.6 Å². The van der Waals surface area contributed by atoms with E-state index in [-0.39, 0.29) is 23.5 Å². The highest BCUT2D eigenvalue weighted by Crippen LogP contribution is 2.67. The van der Waals surface area contributed by atoms with Gasteiger partial charge in [0, 0.05) is 25.9 Å². The maximum absolute atomic E-state index is 12.8. The number of fused-ring (bicyclic) bond motifs is 5. The molecule has 4 aliphatic carbocycles. The van der Waals surface area contributed by atoms with E-state index in [4.69, 9.17) is 9.26 Å². The lowest BCUT2D eigenvalue weighted by molar-refractivity contribution is -0.121. The molecule has 3 fully saturated rings. The largest absolute Gasteiger partial charge is 0.504 e. The molecule has 2 amide bonds. The van der Waals surface area contributed by atoms with Crippen molar-refractivity contribution in [2.75, 3.05) is 26.4 Å². The third kappa shape index (κ3) is 14.4. The maximum atomic E-state index is 12.8. The Morgan fingerprint density at radius 3 is 2.13 bits per heavy atom. The van der Waals surface area contributed by atoms with Crippen molar-refractivity contribution in [3.63, 3.8) is 0 Å². The highest BCUT2D eigenvalue weighted by Gasteiger charge is 2.59. The van der Waals surface area contributed by atoms with E-state index in [0.29, 0.717) is 25.0 Å². The Morgan fingerprint density at radius 1 is 0.782 bits per heavy atom.